The summed E-state index contributed by atoms with van der Waals surface area (Å²) in [6.45, 7) is 2.12. The molecule has 1 aromatic carbocycles. The molecule has 0 amide bonds. The van der Waals surface area contributed by atoms with Crippen LogP contribution in [0.15, 0.2) is 18.2 Å². The topological polar surface area (TPSA) is 52.3 Å². The maximum Gasteiger partial charge on any atom is 0.322 e. The van der Waals surface area contributed by atoms with Crippen molar-refractivity contribution in [2.75, 3.05) is 12.4 Å². The Morgan fingerprint density at radius 1 is 1.42 bits per heavy atom. The summed E-state index contributed by atoms with van der Waals surface area (Å²) < 4.78 is 4.84. The smallest absolute Gasteiger partial charge is 0.322 e. The van der Waals surface area contributed by atoms with Gasteiger partial charge >= 0.3 is 5.97 Å². The van der Waals surface area contributed by atoms with Crippen molar-refractivity contribution in [3.05, 3.63) is 33.8 Å². The Hall–Kier alpha value is -0.420. The van der Waals surface area contributed by atoms with E-state index in [4.69, 9.17) is 33.7 Å². The number of carbonyl (C=O) groups is 1. The Morgan fingerprint density at radius 3 is 2.63 bits per heavy atom. The molecule has 6 heteroatoms. The second kappa shape index (κ2) is 8.69. The van der Waals surface area contributed by atoms with Crippen LogP contribution in [0.5, 0.6) is 0 Å². The van der Waals surface area contributed by atoms with Crippen molar-refractivity contribution < 1.29 is 9.53 Å². The summed E-state index contributed by atoms with van der Waals surface area (Å²) in [6, 6.07) is 4.88. The average Bonchev–Trinajstić information content (AvgIpc) is 2.37. The minimum atomic E-state index is -0.561. The normalized spacial score (nSPS) is 12.2. The first-order chi connectivity index (χ1) is 9.06. The zero-order chi connectivity index (χ0) is 14.3. The van der Waals surface area contributed by atoms with Gasteiger partial charge in [-0.1, -0.05) is 29.3 Å². The van der Waals surface area contributed by atoms with Gasteiger partial charge in [-0.25, -0.2) is 0 Å². The maximum absolute atomic E-state index is 11.3. The summed E-state index contributed by atoms with van der Waals surface area (Å²) in [7, 11) is 0. The number of hydrogen-bond acceptors (Lipinski definition) is 4. The lowest BCUT2D eigenvalue weighted by Crippen LogP contribution is -2.32. The molecule has 0 aliphatic carbocycles. The predicted molar refractivity (Wildman–Crippen MR) is 81.8 cm³/mol. The van der Waals surface area contributed by atoms with Crippen LogP contribution in [-0.2, 0) is 15.3 Å². The fraction of sp³-hybridized carbons (Fsp3) is 0.462. The first-order valence-corrected chi connectivity index (χ1v) is 7.90. The molecule has 0 saturated heterocycles. The molecule has 1 aromatic rings. The molecule has 0 spiro atoms. The van der Waals surface area contributed by atoms with Gasteiger partial charge in [0.1, 0.15) is 6.04 Å². The van der Waals surface area contributed by atoms with E-state index in [1.165, 1.54) is 0 Å². The number of nitrogens with two attached hydrogens (primary N) is 1. The van der Waals surface area contributed by atoms with Gasteiger partial charge in [0.05, 0.1) is 6.61 Å². The molecule has 1 unspecified atom stereocenters. The quantitative estimate of drug-likeness (QED) is 0.616. The Labute approximate surface area is 127 Å². The molecule has 0 fully saturated rings. The average molecular weight is 322 g/mol. The van der Waals surface area contributed by atoms with Crippen LogP contribution in [0.3, 0.4) is 0 Å². The lowest BCUT2D eigenvalue weighted by atomic mass is 10.2. The van der Waals surface area contributed by atoms with Gasteiger partial charge in [-0.3, -0.25) is 4.79 Å². The molecule has 0 aromatic heterocycles. The Kier molecular flexibility index (Phi) is 7.61. The number of ether oxygens (including phenoxy) is 1. The van der Waals surface area contributed by atoms with Crippen LogP contribution < -0.4 is 5.73 Å². The molecular weight excluding hydrogens is 305 g/mol. The molecule has 0 aliphatic heterocycles. The van der Waals surface area contributed by atoms with E-state index in [1.54, 1.807) is 18.7 Å². The third kappa shape index (κ3) is 5.61. The third-order valence-electron chi connectivity index (χ3n) is 2.47. The number of halogens is 2. The summed E-state index contributed by atoms with van der Waals surface area (Å²) in [4.78, 5) is 11.3. The van der Waals surface area contributed by atoms with Crippen molar-refractivity contribution >= 4 is 40.9 Å². The predicted octanol–water partition coefficient (Wildman–Crippen LogP) is 3.51. The minimum Gasteiger partial charge on any atom is -0.465 e. The highest BCUT2D eigenvalue weighted by atomic mass is 35.5. The third-order valence-corrected chi connectivity index (χ3v) is 4.20. The number of benzene rings is 1. The fourth-order valence-electron chi connectivity index (χ4n) is 1.42. The fourth-order valence-corrected chi connectivity index (χ4v) is 3.19. The van der Waals surface area contributed by atoms with E-state index in [1.807, 2.05) is 18.2 Å². The molecule has 0 bridgehead atoms. The number of thioether (sulfide) groups is 1. The minimum absolute atomic E-state index is 0.348. The molecule has 0 heterocycles. The molecule has 0 saturated carbocycles. The second-order valence-corrected chi connectivity index (χ2v) is 5.82. The van der Waals surface area contributed by atoms with Crippen LogP contribution in [0.4, 0.5) is 0 Å². The van der Waals surface area contributed by atoms with Gasteiger partial charge in [0.25, 0.3) is 0 Å². The van der Waals surface area contributed by atoms with E-state index in [-0.39, 0.29) is 5.97 Å². The van der Waals surface area contributed by atoms with E-state index < -0.39 is 6.04 Å². The molecule has 19 heavy (non-hydrogen) atoms. The molecule has 3 nitrogen and oxygen atoms in total. The van der Waals surface area contributed by atoms with Crippen LogP contribution in [0.2, 0.25) is 10.0 Å². The highest BCUT2D eigenvalue weighted by Gasteiger charge is 2.14. The van der Waals surface area contributed by atoms with Crippen molar-refractivity contribution in [1.82, 2.24) is 0 Å². The first-order valence-electron chi connectivity index (χ1n) is 5.99. The lowest BCUT2D eigenvalue weighted by Gasteiger charge is -2.10. The van der Waals surface area contributed by atoms with Crippen LogP contribution in [0, 0.1) is 0 Å². The summed E-state index contributed by atoms with van der Waals surface area (Å²) in [5, 5.41) is 1.32. The lowest BCUT2D eigenvalue weighted by molar-refractivity contribution is -0.144. The molecule has 1 rings (SSSR count). The van der Waals surface area contributed by atoms with Crippen LogP contribution >= 0.6 is 35.0 Å². The standard InChI is InChI=1S/C13H17Cl2NO2S/c1-2-18-13(17)12(16)6-7-19-8-9-10(14)4-3-5-11(9)15/h3-5,12H,2,6-8,16H2,1H3. The molecule has 1 atom stereocenters. The van der Waals surface area contributed by atoms with E-state index in [0.717, 1.165) is 11.3 Å². The van der Waals surface area contributed by atoms with Crippen molar-refractivity contribution in [3.63, 3.8) is 0 Å². The van der Waals surface area contributed by atoms with Crippen LogP contribution in [-0.4, -0.2) is 24.4 Å². The SMILES string of the molecule is CCOC(=O)C(N)CCSCc1c(Cl)cccc1Cl. The van der Waals surface area contributed by atoms with Gasteiger partial charge in [0.15, 0.2) is 0 Å². The van der Waals surface area contributed by atoms with E-state index in [2.05, 4.69) is 0 Å². The Bertz CT molecular complexity index is 409. The summed E-state index contributed by atoms with van der Waals surface area (Å²) >= 11 is 13.8. The zero-order valence-electron chi connectivity index (χ0n) is 10.7. The van der Waals surface area contributed by atoms with Crippen molar-refractivity contribution in [2.45, 2.75) is 25.1 Å². The highest BCUT2D eigenvalue weighted by molar-refractivity contribution is 7.98. The Morgan fingerprint density at radius 2 is 2.05 bits per heavy atom. The van der Waals surface area contributed by atoms with Crippen molar-refractivity contribution in [2.24, 2.45) is 5.73 Å². The number of carbonyl (C=O) groups excluding carboxylic acids is 1. The van der Waals surface area contributed by atoms with Gasteiger partial charge < -0.3 is 10.5 Å². The molecular formula is C13H17Cl2NO2S. The van der Waals surface area contributed by atoms with Gasteiger partial charge in [0, 0.05) is 15.8 Å². The second-order valence-electron chi connectivity index (χ2n) is 3.90. The summed E-state index contributed by atoms with van der Waals surface area (Å²) in [5.41, 5.74) is 6.62. The molecule has 106 valence electrons. The maximum atomic E-state index is 11.3. The van der Waals surface area contributed by atoms with Crippen molar-refractivity contribution in [3.8, 4) is 0 Å². The van der Waals surface area contributed by atoms with Crippen LogP contribution in [0.25, 0.3) is 0 Å². The zero-order valence-corrected chi connectivity index (χ0v) is 13.0. The van der Waals surface area contributed by atoms with Gasteiger partial charge in [-0.15, -0.1) is 0 Å². The summed E-state index contributed by atoms with van der Waals surface area (Å²) in [6.07, 6.45) is 0.575. The molecule has 0 aliphatic rings. The van der Waals surface area contributed by atoms with Crippen molar-refractivity contribution in [1.29, 1.82) is 0 Å². The van der Waals surface area contributed by atoms with E-state index >= 15 is 0 Å². The van der Waals surface area contributed by atoms with E-state index in [9.17, 15) is 4.79 Å². The number of esters is 1. The Balaban J connectivity index is 2.33. The first kappa shape index (κ1) is 16.6. The van der Waals surface area contributed by atoms with Gasteiger partial charge in [-0.05, 0) is 36.8 Å². The largest absolute Gasteiger partial charge is 0.465 e. The number of hydrogen-bond donors (Lipinski definition) is 1. The van der Waals surface area contributed by atoms with Crippen LogP contribution in [0.1, 0.15) is 18.9 Å². The highest BCUT2D eigenvalue weighted by Crippen LogP contribution is 2.28. The van der Waals surface area contributed by atoms with Gasteiger partial charge in [0.2, 0.25) is 0 Å². The number of rotatable bonds is 7. The summed E-state index contributed by atoms with van der Waals surface area (Å²) in [5.74, 6) is 1.11. The molecule has 2 N–H and O–H groups in total. The van der Waals surface area contributed by atoms with E-state index in [0.29, 0.717) is 28.8 Å². The van der Waals surface area contributed by atoms with Gasteiger partial charge in [-0.2, -0.15) is 11.8 Å². The monoisotopic (exact) mass is 321 g/mol. The molecule has 0 radical (unpaired) electrons.